The van der Waals surface area contributed by atoms with Crippen LogP contribution in [0.15, 0.2) is 0 Å². The summed E-state index contributed by atoms with van der Waals surface area (Å²) in [7, 11) is 0. The topological polar surface area (TPSA) is 75.3 Å². The summed E-state index contributed by atoms with van der Waals surface area (Å²) in [6.45, 7) is 7.58. The van der Waals surface area contributed by atoms with E-state index in [1.165, 1.54) is 0 Å². The molecular formula is C12H22N4O. The Morgan fingerprint density at radius 2 is 1.94 bits per heavy atom. The lowest BCUT2D eigenvalue weighted by atomic mass is 10.2. The van der Waals surface area contributed by atoms with Crippen molar-refractivity contribution in [2.24, 2.45) is 0 Å². The molecule has 17 heavy (non-hydrogen) atoms. The monoisotopic (exact) mass is 238 g/mol. The van der Waals surface area contributed by atoms with Crippen molar-refractivity contribution >= 4 is 11.6 Å². The van der Waals surface area contributed by atoms with Crippen molar-refractivity contribution in [3.05, 3.63) is 11.4 Å². The Kier molecular flexibility index (Phi) is 5.15. The molecule has 0 saturated heterocycles. The number of aliphatic hydroxyl groups is 1. The first-order valence-electron chi connectivity index (χ1n) is 6.12. The van der Waals surface area contributed by atoms with Crippen molar-refractivity contribution in [2.75, 3.05) is 30.3 Å². The zero-order valence-corrected chi connectivity index (χ0v) is 10.9. The minimum Gasteiger partial charge on any atom is -0.395 e. The molecule has 5 nitrogen and oxygen atoms in total. The van der Waals surface area contributed by atoms with Gasteiger partial charge >= 0.3 is 0 Å². The summed E-state index contributed by atoms with van der Waals surface area (Å²) in [5.41, 5.74) is 6.78. The number of aryl methyl sites for hydroxylation is 1. The van der Waals surface area contributed by atoms with Crippen LogP contribution in [0.1, 0.15) is 31.7 Å². The zero-order chi connectivity index (χ0) is 12.8. The van der Waals surface area contributed by atoms with Gasteiger partial charge < -0.3 is 15.7 Å². The fraction of sp³-hybridized carbons (Fsp3) is 0.667. The molecule has 0 bridgehead atoms. The largest absolute Gasteiger partial charge is 0.395 e. The fourth-order valence-corrected chi connectivity index (χ4v) is 1.75. The molecule has 1 heterocycles. The van der Waals surface area contributed by atoms with Crippen molar-refractivity contribution in [1.29, 1.82) is 0 Å². The average molecular weight is 238 g/mol. The van der Waals surface area contributed by atoms with Crippen LogP contribution in [-0.2, 0) is 6.42 Å². The Hall–Kier alpha value is -1.36. The first-order valence-corrected chi connectivity index (χ1v) is 6.12. The molecule has 0 aliphatic heterocycles. The lowest BCUT2D eigenvalue weighted by Crippen LogP contribution is -2.29. The van der Waals surface area contributed by atoms with Crippen molar-refractivity contribution in [1.82, 2.24) is 9.97 Å². The molecule has 0 aliphatic carbocycles. The highest BCUT2D eigenvalue weighted by atomic mass is 16.3. The molecule has 0 fully saturated rings. The molecule has 0 radical (unpaired) electrons. The van der Waals surface area contributed by atoms with Crippen LogP contribution in [0.3, 0.4) is 0 Å². The van der Waals surface area contributed by atoms with Gasteiger partial charge in [-0.15, -0.1) is 0 Å². The van der Waals surface area contributed by atoms with Gasteiger partial charge in [-0.2, -0.15) is 0 Å². The Labute approximate surface area is 103 Å². The summed E-state index contributed by atoms with van der Waals surface area (Å²) in [6.07, 6.45) is 1.77. The van der Waals surface area contributed by atoms with E-state index in [9.17, 15) is 0 Å². The maximum absolute atomic E-state index is 9.09. The van der Waals surface area contributed by atoms with Gasteiger partial charge in [-0.05, 0) is 13.3 Å². The molecule has 0 aromatic carbocycles. The number of hydrogen-bond acceptors (Lipinski definition) is 5. The van der Waals surface area contributed by atoms with E-state index in [0.717, 1.165) is 36.6 Å². The molecule has 0 saturated carbocycles. The molecule has 3 N–H and O–H groups in total. The smallest absolute Gasteiger partial charge is 0.137 e. The van der Waals surface area contributed by atoms with E-state index in [2.05, 4.69) is 21.8 Å². The maximum Gasteiger partial charge on any atom is 0.137 e. The second kappa shape index (κ2) is 6.39. The minimum absolute atomic E-state index is 0.116. The van der Waals surface area contributed by atoms with Gasteiger partial charge in [0, 0.05) is 25.1 Å². The third kappa shape index (κ3) is 3.30. The number of rotatable bonds is 6. The normalized spacial score (nSPS) is 10.6. The summed E-state index contributed by atoms with van der Waals surface area (Å²) in [4.78, 5) is 10.8. The van der Waals surface area contributed by atoms with E-state index in [1.54, 1.807) is 0 Å². The van der Waals surface area contributed by atoms with E-state index in [0.29, 0.717) is 12.4 Å². The number of nitrogens with two attached hydrogens (primary N) is 1. The van der Waals surface area contributed by atoms with Gasteiger partial charge in [-0.1, -0.05) is 13.8 Å². The maximum atomic E-state index is 9.09. The van der Waals surface area contributed by atoms with Crippen molar-refractivity contribution in [3.8, 4) is 0 Å². The number of nitrogen functional groups attached to an aromatic ring is 1. The quantitative estimate of drug-likeness (QED) is 0.777. The lowest BCUT2D eigenvalue weighted by molar-refractivity contribution is 0.301. The molecule has 0 amide bonds. The fourth-order valence-electron chi connectivity index (χ4n) is 1.75. The summed E-state index contributed by atoms with van der Waals surface area (Å²) in [5, 5.41) is 9.09. The minimum atomic E-state index is 0.116. The second-order valence-corrected chi connectivity index (χ2v) is 4.04. The molecule has 1 aromatic heterocycles. The van der Waals surface area contributed by atoms with E-state index < -0.39 is 0 Å². The predicted molar refractivity (Wildman–Crippen MR) is 70.1 cm³/mol. The van der Waals surface area contributed by atoms with E-state index in [1.807, 2.05) is 13.8 Å². The summed E-state index contributed by atoms with van der Waals surface area (Å²) >= 11 is 0. The van der Waals surface area contributed by atoms with Gasteiger partial charge in [-0.3, -0.25) is 0 Å². The molecule has 96 valence electrons. The van der Waals surface area contributed by atoms with Gasteiger partial charge in [0.05, 0.1) is 6.61 Å². The molecule has 0 aliphatic rings. The molecule has 0 atom stereocenters. The summed E-state index contributed by atoms with van der Waals surface area (Å²) in [5.74, 6) is 2.14. The van der Waals surface area contributed by atoms with Crippen LogP contribution >= 0.6 is 0 Å². The van der Waals surface area contributed by atoms with Crippen LogP contribution in [0, 0.1) is 6.92 Å². The van der Waals surface area contributed by atoms with Crippen molar-refractivity contribution in [2.45, 2.75) is 33.6 Å². The third-order valence-electron chi connectivity index (χ3n) is 2.68. The van der Waals surface area contributed by atoms with Crippen molar-refractivity contribution in [3.63, 3.8) is 0 Å². The van der Waals surface area contributed by atoms with E-state index in [4.69, 9.17) is 10.8 Å². The van der Waals surface area contributed by atoms with Crippen LogP contribution in [0.25, 0.3) is 0 Å². The zero-order valence-electron chi connectivity index (χ0n) is 10.9. The standard InChI is InChI=1S/C12H22N4O/c1-4-6-16(7-8-17)12-9(3)11(13)14-10(5-2)15-12/h17H,4-8H2,1-3H3,(H2,13,14,15). The molecule has 5 heteroatoms. The molecule has 0 unspecified atom stereocenters. The van der Waals surface area contributed by atoms with Crippen LogP contribution < -0.4 is 10.6 Å². The van der Waals surface area contributed by atoms with Gasteiger partial charge in [0.25, 0.3) is 0 Å². The predicted octanol–water partition coefficient (Wildman–Crippen LogP) is 1.14. The third-order valence-corrected chi connectivity index (χ3v) is 2.68. The number of hydrogen-bond donors (Lipinski definition) is 2. The Morgan fingerprint density at radius 3 is 2.47 bits per heavy atom. The highest BCUT2D eigenvalue weighted by molar-refractivity contribution is 5.56. The highest BCUT2D eigenvalue weighted by Crippen LogP contribution is 2.21. The molecular weight excluding hydrogens is 216 g/mol. The Morgan fingerprint density at radius 1 is 1.24 bits per heavy atom. The molecule has 0 spiro atoms. The van der Waals surface area contributed by atoms with Gasteiger partial charge in [0.15, 0.2) is 0 Å². The van der Waals surface area contributed by atoms with Gasteiger partial charge in [0.2, 0.25) is 0 Å². The first-order chi connectivity index (χ1) is 8.13. The Bertz CT molecular complexity index is 362. The highest BCUT2D eigenvalue weighted by Gasteiger charge is 2.14. The van der Waals surface area contributed by atoms with Gasteiger partial charge in [0.1, 0.15) is 17.5 Å². The molecule has 1 aromatic rings. The van der Waals surface area contributed by atoms with Crippen LogP contribution in [0.5, 0.6) is 0 Å². The SMILES string of the molecule is CCCN(CCO)c1nc(CC)nc(N)c1C. The Balaban J connectivity index is 3.11. The van der Waals surface area contributed by atoms with Crippen molar-refractivity contribution < 1.29 is 5.11 Å². The summed E-state index contributed by atoms with van der Waals surface area (Å²) < 4.78 is 0. The molecule has 1 rings (SSSR count). The number of nitrogens with zero attached hydrogens (tertiary/aromatic N) is 3. The average Bonchev–Trinajstić information content (AvgIpc) is 2.32. The second-order valence-electron chi connectivity index (χ2n) is 4.04. The number of anilines is 2. The van der Waals surface area contributed by atoms with Crippen LogP contribution in [0.4, 0.5) is 11.6 Å². The lowest BCUT2D eigenvalue weighted by Gasteiger charge is -2.24. The van der Waals surface area contributed by atoms with Gasteiger partial charge in [-0.25, -0.2) is 9.97 Å². The van der Waals surface area contributed by atoms with Crippen LogP contribution in [0.2, 0.25) is 0 Å². The van der Waals surface area contributed by atoms with Crippen LogP contribution in [-0.4, -0.2) is 34.8 Å². The summed E-state index contributed by atoms with van der Waals surface area (Å²) in [6, 6.07) is 0. The van der Waals surface area contributed by atoms with E-state index in [-0.39, 0.29) is 6.61 Å². The van der Waals surface area contributed by atoms with E-state index >= 15 is 0 Å². The number of aliphatic hydroxyl groups excluding tert-OH is 1. The number of aromatic nitrogens is 2. The first kappa shape index (κ1) is 13.7.